The van der Waals surface area contributed by atoms with E-state index in [4.69, 9.17) is 17.3 Å². The molecule has 4 bridgehead atoms. The molecule has 0 spiro atoms. The van der Waals surface area contributed by atoms with E-state index in [0.717, 1.165) is 11.8 Å². The van der Waals surface area contributed by atoms with Gasteiger partial charge in [0.1, 0.15) is 5.38 Å². The third-order valence-corrected chi connectivity index (χ3v) is 5.42. The number of carbonyl (C=O) groups excluding carboxylic acids is 1. The topological polar surface area (TPSA) is 43.1 Å². The lowest BCUT2D eigenvalue weighted by molar-refractivity contribution is -0.122. The van der Waals surface area contributed by atoms with Crippen molar-refractivity contribution in [3.63, 3.8) is 0 Å². The number of alkyl halides is 1. The summed E-state index contributed by atoms with van der Waals surface area (Å²) < 4.78 is 0. The van der Waals surface area contributed by atoms with Crippen LogP contribution in [0, 0.1) is 29.6 Å². The minimum absolute atomic E-state index is 0.311. The van der Waals surface area contributed by atoms with Gasteiger partial charge in [0, 0.05) is 0 Å². The van der Waals surface area contributed by atoms with E-state index < -0.39 is 5.38 Å². The fraction of sp³-hybridized carbons (Fsp3) is 0.917. The molecule has 1 amide bonds. The van der Waals surface area contributed by atoms with Gasteiger partial charge in [-0.15, -0.1) is 11.6 Å². The van der Waals surface area contributed by atoms with Crippen molar-refractivity contribution >= 4 is 17.5 Å². The molecular formula is C12H18ClNO. The van der Waals surface area contributed by atoms with Crippen molar-refractivity contribution in [2.45, 2.75) is 37.5 Å². The van der Waals surface area contributed by atoms with Crippen LogP contribution in [0.1, 0.15) is 32.1 Å². The van der Waals surface area contributed by atoms with Crippen molar-refractivity contribution in [1.82, 2.24) is 0 Å². The number of carbonyl (C=O) groups is 1. The van der Waals surface area contributed by atoms with E-state index in [9.17, 15) is 4.79 Å². The first-order valence-corrected chi connectivity index (χ1v) is 6.52. The van der Waals surface area contributed by atoms with Crippen molar-refractivity contribution in [1.29, 1.82) is 0 Å². The fourth-order valence-electron chi connectivity index (χ4n) is 4.63. The van der Waals surface area contributed by atoms with Gasteiger partial charge in [0.05, 0.1) is 0 Å². The Kier molecular flexibility index (Phi) is 2.24. The lowest BCUT2D eigenvalue weighted by Gasteiger charge is -2.55. The molecule has 84 valence electrons. The maximum Gasteiger partial charge on any atom is 0.235 e. The number of nitrogens with two attached hydrogens (primary N) is 1. The van der Waals surface area contributed by atoms with Crippen LogP contribution < -0.4 is 5.73 Å². The summed E-state index contributed by atoms with van der Waals surface area (Å²) in [6.45, 7) is 0. The van der Waals surface area contributed by atoms with Crippen LogP contribution in [0.4, 0.5) is 0 Å². The highest BCUT2D eigenvalue weighted by molar-refractivity contribution is 6.30. The average Bonchev–Trinajstić information content (AvgIpc) is 2.15. The zero-order chi connectivity index (χ0) is 10.6. The second-order valence-corrected chi connectivity index (χ2v) is 6.28. The molecule has 0 saturated heterocycles. The minimum atomic E-state index is -0.417. The Hall–Kier alpha value is -0.240. The first-order chi connectivity index (χ1) is 7.15. The van der Waals surface area contributed by atoms with Gasteiger partial charge in [0.15, 0.2) is 0 Å². The summed E-state index contributed by atoms with van der Waals surface area (Å²) in [5.74, 6) is 3.32. The molecule has 0 aromatic heterocycles. The molecule has 4 fully saturated rings. The van der Waals surface area contributed by atoms with Gasteiger partial charge < -0.3 is 5.73 Å². The SMILES string of the molecule is NC(=O)C(Cl)C1C2CC3CC(C2)CC1C3. The van der Waals surface area contributed by atoms with Crippen LogP contribution in [0.15, 0.2) is 0 Å². The lowest BCUT2D eigenvalue weighted by atomic mass is 9.51. The summed E-state index contributed by atoms with van der Waals surface area (Å²) in [4.78, 5) is 11.2. The van der Waals surface area contributed by atoms with Crippen LogP contribution in [0.3, 0.4) is 0 Å². The van der Waals surface area contributed by atoms with Gasteiger partial charge in [0.25, 0.3) is 0 Å². The molecule has 3 heteroatoms. The molecule has 1 atom stereocenters. The van der Waals surface area contributed by atoms with E-state index in [1.165, 1.54) is 32.1 Å². The monoisotopic (exact) mass is 227 g/mol. The van der Waals surface area contributed by atoms with Crippen molar-refractivity contribution in [2.75, 3.05) is 0 Å². The highest BCUT2D eigenvalue weighted by Gasteiger charge is 2.51. The Balaban J connectivity index is 1.83. The van der Waals surface area contributed by atoms with Gasteiger partial charge >= 0.3 is 0 Å². The van der Waals surface area contributed by atoms with E-state index in [-0.39, 0.29) is 5.91 Å². The smallest absolute Gasteiger partial charge is 0.235 e. The first-order valence-electron chi connectivity index (χ1n) is 6.08. The summed E-state index contributed by atoms with van der Waals surface area (Å²) in [7, 11) is 0. The van der Waals surface area contributed by atoms with E-state index in [0.29, 0.717) is 17.8 Å². The van der Waals surface area contributed by atoms with Crippen LogP contribution in [-0.4, -0.2) is 11.3 Å². The average molecular weight is 228 g/mol. The van der Waals surface area contributed by atoms with Crippen molar-refractivity contribution in [2.24, 2.45) is 35.3 Å². The van der Waals surface area contributed by atoms with Crippen LogP contribution in [-0.2, 0) is 4.79 Å². The maximum absolute atomic E-state index is 11.2. The molecule has 0 aliphatic heterocycles. The molecule has 4 aliphatic rings. The predicted molar refractivity (Wildman–Crippen MR) is 59.4 cm³/mol. The third-order valence-electron chi connectivity index (χ3n) is 4.91. The molecule has 15 heavy (non-hydrogen) atoms. The van der Waals surface area contributed by atoms with E-state index in [2.05, 4.69) is 0 Å². The summed E-state index contributed by atoms with van der Waals surface area (Å²) in [5, 5.41) is -0.417. The van der Waals surface area contributed by atoms with Crippen molar-refractivity contribution in [3.8, 4) is 0 Å². The zero-order valence-corrected chi connectivity index (χ0v) is 9.62. The number of amides is 1. The Labute approximate surface area is 95.5 Å². The van der Waals surface area contributed by atoms with E-state index >= 15 is 0 Å². The number of hydrogen-bond acceptors (Lipinski definition) is 1. The van der Waals surface area contributed by atoms with Gasteiger partial charge in [-0.2, -0.15) is 0 Å². The lowest BCUT2D eigenvalue weighted by Crippen LogP contribution is -2.50. The molecule has 4 aliphatic carbocycles. The summed E-state index contributed by atoms with van der Waals surface area (Å²) in [6, 6.07) is 0. The summed E-state index contributed by atoms with van der Waals surface area (Å²) >= 11 is 6.18. The minimum Gasteiger partial charge on any atom is -0.368 e. The Morgan fingerprint density at radius 1 is 1.07 bits per heavy atom. The largest absolute Gasteiger partial charge is 0.368 e. The Bertz CT molecular complexity index is 263. The number of rotatable bonds is 2. The summed E-state index contributed by atoms with van der Waals surface area (Å²) in [5.41, 5.74) is 5.35. The maximum atomic E-state index is 11.2. The van der Waals surface area contributed by atoms with Crippen molar-refractivity contribution < 1.29 is 4.79 Å². The second-order valence-electron chi connectivity index (χ2n) is 5.81. The third kappa shape index (κ3) is 1.49. The van der Waals surface area contributed by atoms with Gasteiger partial charge in [-0.3, -0.25) is 4.79 Å². The molecule has 4 rings (SSSR count). The van der Waals surface area contributed by atoms with Gasteiger partial charge in [-0.05, 0) is 61.7 Å². The molecule has 0 heterocycles. The fourth-order valence-corrected chi connectivity index (χ4v) is 5.05. The molecule has 4 saturated carbocycles. The standard InChI is InChI=1S/C12H18ClNO/c13-11(12(14)15)10-8-2-6-1-7(4-8)5-9(10)3-6/h6-11H,1-5H2,(H2,14,15). The van der Waals surface area contributed by atoms with Crippen LogP contribution in [0.5, 0.6) is 0 Å². The predicted octanol–water partition coefficient (Wildman–Crippen LogP) is 2.15. The number of halogens is 1. The Morgan fingerprint density at radius 2 is 1.53 bits per heavy atom. The zero-order valence-electron chi connectivity index (χ0n) is 8.86. The van der Waals surface area contributed by atoms with Crippen LogP contribution in [0.25, 0.3) is 0 Å². The highest BCUT2D eigenvalue weighted by Crippen LogP contribution is 2.57. The normalized spacial score (nSPS) is 49.3. The number of hydrogen-bond donors (Lipinski definition) is 1. The number of primary amides is 1. The molecule has 1 unspecified atom stereocenters. The molecular weight excluding hydrogens is 210 g/mol. The molecule has 0 aromatic carbocycles. The van der Waals surface area contributed by atoms with Crippen LogP contribution >= 0.6 is 11.6 Å². The van der Waals surface area contributed by atoms with E-state index in [1.54, 1.807) is 0 Å². The van der Waals surface area contributed by atoms with Gasteiger partial charge in [0.2, 0.25) is 5.91 Å². The van der Waals surface area contributed by atoms with Gasteiger partial charge in [-0.1, -0.05) is 0 Å². The molecule has 2 N–H and O–H groups in total. The Morgan fingerprint density at radius 3 is 1.93 bits per heavy atom. The highest BCUT2D eigenvalue weighted by atomic mass is 35.5. The first kappa shape index (κ1) is 9.95. The van der Waals surface area contributed by atoms with E-state index in [1.807, 2.05) is 0 Å². The molecule has 0 radical (unpaired) electrons. The van der Waals surface area contributed by atoms with Crippen molar-refractivity contribution in [3.05, 3.63) is 0 Å². The van der Waals surface area contributed by atoms with Crippen LogP contribution in [0.2, 0.25) is 0 Å². The van der Waals surface area contributed by atoms with Gasteiger partial charge in [-0.25, -0.2) is 0 Å². The second kappa shape index (κ2) is 3.38. The quantitative estimate of drug-likeness (QED) is 0.722. The molecule has 2 nitrogen and oxygen atoms in total. The summed E-state index contributed by atoms with van der Waals surface area (Å²) in [6.07, 6.45) is 6.63. The molecule has 0 aromatic rings.